The van der Waals surface area contributed by atoms with Crippen molar-refractivity contribution in [1.82, 2.24) is 19.8 Å². The van der Waals surface area contributed by atoms with E-state index >= 15 is 0 Å². The Kier molecular flexibility index (Phi) is 8.05. The third kappa shape index (κ3) is 5.96. The highest BCUT2D eigenvalue weighted by Crippen LogP contribution is 2.62. The summed E-state index contributed by atoms with van der Waals surface area (Å²) in [7, 11) is -0.198. The quantitative estimate of drug-likeness (QED) is 0.317. The Bertz CT molecular complexity index is 1890. The van der Waals surface area contributed by atoms with E-state index in [1.54, 1.807) is 11.8 Å². The molecule has 3 fully saturated rings. The maximum Gasteiger partial charge on any atom is 0.394 e. The molecule has 0 unspecified atom stereocenters. The summed E-state index contributed by atoms with van der Waals surface area (Å²) in [6.45, 7) is 5.34. The van der Waals surface area contributed by atoms with Crippen LogP contribution in [0.15, 0.2) is 47.4 Å². The lowest BCUT2D eigenvalue weighted by molar-refractivity contribution is -0.194. The first-order valence-corrected chi connectivity index (χ1v) is 18.3. The molecule has 2 heterocycles. The van der Waals surface area contributed by atoms with Crippen LogP contribution in [-0.4, -0.2) is 79.1 Å². The van der Waals surface area contributed by atoms with E-state index in [0.29, 0.717) is 30.1 Å². The molecule has 0 radical (unpaired) electrons. The number of carbonyl (C=O) groups is 1. The van der Waals surface area contributed by atoms with Gasteiger partial charge in [-0.05, 0) is 115 Å². The highest BCUT2D eigenvalue weighted by molar-refractivity contribution is 7.92. The molecular formula is C36H42F3N5O4S. The zero-order valence-electron chi connectivity index (χ0n) is 28.4. The van der Waals surface area contributed by atoms with E-state index in [2.05, 4.69) is 19.6 Å². The average molecular weight is 698 g/mol. The van der Waals surface area contributed by atoms with Crippen LogP contribution in [0.25, 0.3) is 11.3 Å². The smallest absolute Gasteiger partial charge is 0.394 e. The molecule has 0 saturated heterocycles. The van der Waals surface area contributed by atoms with Gasteiger partial charge in [-0.15, -0.1) is 0 Å². The van der Waals surface area contributed by atoms with Gasteiger partial charge in [-0.2, -0.15) is 18.2 Å². The van der Waals surface area contributed by atoms with Crippen molar-refractivity contribution in [3.05, 3.63) is 64.7 Å². The van der Waals surface area contributed by atoms with Gasteiger partial charge in [0.15, 0.2) is 0 Å². The zero-order valence-corrected chi connectivity index (χ0v) is 29.2. The van der Waals surface area contributed by atoms with Crippen molar-refractivity contribution in [2.45, 2.75) is 94.9 Å². The zero-order chi connectivity index (χ0) is 35.1. The molecule has 1 spiro atoms. The fourth-order valence-corrected chi connectivity index (χ4v) is 9.25. The first-order valence-electron chi connectivity index (χ1n) is 16.8. The monoisotopic (exact) mass is 697 g/mol. The van der Waals surface area contributed by atoms with Gasteiger partial charge >= 0.3 is 6.18 Å². The van der Waals surface area contributed by atoms with Crippen LogP contribution >= 0.6 is 0 Å². The van der Waals surface area contributed by atoms with Gasteiger partial charge in [0.25, 0.3) is 15.9 Å². The second-order valence-electron chi connectivity index (χ2n) is 15.0. The summed E-state index contributed by atoms with van der Waals surface area (Å²) in [5, 5.41) is 0. The predicted molar refractivity (Wildman–Crippen MR) is 179 cm³/mol. The first-order chi connectivity index (χ1) is 23.0. The maximum absolute atomic E-state index is 14.5. The number of anilines is 1. The van der Waals surface area contributed by atoms with Crippen LogP contribution in [0.1, 0.15) is 72.0 Å². The molecule has 9 nitrogen and oxygen atoms in total. The number of aromatic nitrogens is 2. The standard InChI is InChI=1S/C36H42F3N5O4S/c1-21-8-6-9-22(2)29(21)30-23(3)31-41-33(40-30)42-49(46,47)28-11-7-10-24(14-28)32(45)44(26-17-34(18-26)15-25(16-34)43(4)5)27(20-48-31)19-35(12-13-35)36(37,38)39/h6-11,14,25-27H,12-13,15-20H2,1-5H3,(H,40,41,42)/t25?,26?,27-,34?/m1/s1. The first kappa shape index (κ1) is 33.8. The van der Waals surface area contributed by atoms with Crippen molar-refractivity contribution in [1.29, 1.82) is 0 Å². The molecule has 4 bridgehead atoms. The highest BCUT2D eigenvalue weighted by atomic mass is 32.2. The Morgan fingerprint density at radius 1 is 1.00 bits per heavy atom. The number of hydrogen-bond acceptors (Lipinski definition) is 7. The average Bonchev–Trinajstić information content (AvgIpc) is 3.78. The molecule has 3 aliphatic carbocycles. The molecule has 1 atom stereocenters. The van der Waals surface area contributed by atoms with Crippen molar-refractivity contribution in [2.75, 3.05) is 25.4 Å². The van der Waals surface area contributed by atoms with Crippen LogP contribution in [0.4, 0.5) is 19.1 Å². The van der Waals surface area contributed by atoms with Crippen molar-refractivity contribution >= 4 is 21.9 Å². The van der Waals surface area contributed by atoms with Crippen LogP contribution in [0.2, 0.25) is 0 Å². The summed E-state index contributed by atoms with van der Waals surface area (Å²) in [6, 6.07) is 10.6. The molecular weight excluding hydrogens is 655 g/mol. The van der Waals surface area contributed by atoms with Crippen LogP contribution in [0.5, 0.6) is 5.88 Å². The number of carbonyl (C=O) groups excluding carboxylic acids is 1. The summed E-state index contributed by atoms with van der Waals surface area (Å²) in [6.07, 6.45) is -1.51. The molecule has 13 heteroatoms. The number of ether oxygens (including phenoxy) is 1. The predicted octanol–water partition coefficient (Wildman–Crippen LogP) is 6.68. The van der Waals surface area contributed by atoms with Gasteiger partial charge in [0.05, 0.1) is 22.0 Å². The van der Waals surface area contributed by atoms with Gasteiger partial charge in [0.2, 0.25) is 11.8 Å². The lowest BCUT2D eigenvalue weighted by Gasteiger charge is -2.62. The van der Waals surface area contributed by atoms with E-state index in [0.717, 1.165) is 29.5 Å². The van der Waals surface area contributed by atoms with Crippen LogP contribution in [-0.2, 0) is 10.0 Å². The van der Waals surface area contributed by atoms with Gasteiger partial charge < -0.3 is 14.5 Å². The van der Waals surface area contributed by atoms with E-state index in [-0.39, 0.29) is 59.6 Å². The van der Waals surface area contributed by atoms with Crippen LogP contribution in [0.3, 0.4) is 0 Å². The Morgan fingerprint density at radius 3 is 2.27 bits per heavy atom. The number of benzene rings is 2. The molecule has 3 saturated carbocycles. The number of amides is 1. The molecule has 2 aromatic carbocycles. The normalized spacial score (nSPS) is 27.2. The SMILES string of the molecule is Cc1cccc(C)c1-c1nc2nc(c1C)OC[C@@H](CC1(C(F)(F)F)CC1)N(C1CC3(CC(N(C)C)C3)C1)C(=O)c1cccc(c1)S(=O)(=O)N2. The lowest BCUT2D eigenvalue weighted by Crippen LogP contribution is -2.63. The summed E-state index contributed by atoms with van der Waals surface area (Å²) in [5.74, 6) is -0.696. The third-order valence-corrected chi connectivity index (χ3v) is 12.7. The number of alkyl halides is 3. The molecule has 49 heavy (non-hydrogen) atoms. The van der Waals surface area contributed by atoms with Gasteiger partial charge in [0, 0.05) is 28.8 Å². The molecule has 262 valence electrons. The fourth-order valence-electron chi connectivity index (χ4n) is 8.26. The van der Waals surface area contributed by atoms with Crippen molar-refractivity contribution in [3.63, 3.8) is 0 Å². The van der Waals surface area contributed by atoms with Crippen molar-refractivity contribution < 1.29 is 31.1 Å². The topological polar surface area (TPSA) is 105 Å². The molecule has 1 aromatic heterocycles. The van der Waals surface area contributed by atoms with Crippen molar-refractivity contribution in [2.24, 2.45) is 10.8 Å². The maximum atomic E-state index is 14.5. The Morgan fingerprint density at radius 2 is 1.65 bits per heavy atom. The number of sulfonamides is 1. The molecule has 3 aromatic rings. The fraction of sp³-hybridized carbons (Fsp3) is 0.528. The van der Waals surface area contributed by atoms with E-state index in [9.17, 15) is 26.4 Å². The second-order valence-corrected chi connectivity index (χ2v) is 16.7. The van der Waals surface area contributed by atoms with Gasteiger partial charge in [-0.3, -0.25) is 4.79 Å². The highest BCUT2D eigenvalue weighted by Gasteiger charge is 2.65. The summed E-state index contributed by atoms with van der Waals surface area (Å²) in [5.41, 5.74) is 1.74. The second kappa shape index (κ2) is 11.7. The molecule has 1 amide bonds. The summed E-state index contributed by atoms with van der Waals surface area (Å²) < 4.78 is 79.9. The minimum absolute atomic E-state index is 0.0147. The minimum Gasteiger partial charge on any atom is -0.475 e. The minimum atomic E-state index is -4.44. The third-order valence-electron chi connectivity index (χ3n) is 11.4. The number of aryl methyl sites for hydroxylation is 2. The van der Waals surface area contributed by atoms with Gasteiger partial charge in [0.1, 0.15) is 6.61 Å². The molecule has 1 N–H and O–H groups in total. The summed E-state index contributed by atoms with van der Waals surface area (Å²) in [4.78, 5) is 27.2. The van der Waals surface area contributed by atoms with E-state index in [1.807, 2.05) is 46.1 Å². The van der Waals surface area contributed by atoms with Gasteiger partial charge in [-0.25, -0.2) is 18.1 Å². The van der Waals surface area contributed by atoms with E-state index < -0.39 is 33.6 Å². The number of nitrogens with one attached hydrogen (secondary N) is 1. The van der Waals surface area contributed by atoms with Crippen LogP contribution < -0.4 is 9.46 Å². The summed E-state index contributed by atoms with van der Waals surface area (Å²) >= 11 is 0. The molecule has 7 rings (SSSR count). The Hall–Kier alpha value is -3.71. The largest absolute Gasteiger partial charge is 0.475 e. The van der Waals surface area contributed by atoms with E-state index in [1.165, 1.54) is 24.3 Å². The number of rotatable bonds is 5. The Balaban J connectivity index is 1.35. The lowest BCUT2D eigenvalue weighted by atomic mass is 9.51. The van der Waals surface area contributed by atoms with E-state index in [4.69, 9.17) is 4.74 Å². The van der Waals surface area contributed by atoms with Crippen molar-refractivity contribution in [3.8, 4) is 17.1 Å². The number of hydrogen-bond donors (Lipinski definition) is 1. The number of fused-ring (bicyclic) bond motifs is 4. The number of nitrogens with zero attached hydrogens (tertiary/aromatic N) is 4. The molecule has 1 aliphatic heterocycles. The molecule has 4 aliphatic rings. The van der Waals surface area contributed by atoms with Gasteiger partial charge in [-0.1, -0.05) is 24.3 Å². The van der Waals surface area contributed by atoms with Crippen LogP contribution in [0, 0.1) is 31.6 Å². The number of halogens is 3. The Labute approximate surface area is 285 Å².